The van der Waals surface area contributed by atoms with E-state index < -0.39 is 0 Å². The van der Waals surface area contributed by atoms with Crippen molar-refractivity contribution in [3.8, 4) is 5.75 Å². The molecule has 0 spiro atoms. The Kier molecular flexibility index (Phi) is 5.43. The van der Waals surface area contributed by atoms with Gasteiger partial charge in [0.2, 0.25) is 5.91 Å². The number of benzene rings is 1. The molecule has 1 aliphatic rings. The molecule has 1 saturated heterocycles. The second-order valence-corrected chi connectivity index (χ2v) is 5.95. The number of para-hydroxylation sites is 1. The van der Waals surface area contributed by atoms with E-state index in [4.69, 9.17) is 4.74 Å². The number of carbonyl (C=O) groups is 1. The van der Waals surface area contributed by atoms with Gasteiger partial charge in [0.05, 0.1) is 18.8 Å². The summed E-state index contributed by atoms with van der Waals surface area (Å²) >= 11 is 0. The third-order valence-corrected chi connectivity index (χ3v) is 4.18. The predicted molar refractivity (Wildman–Crippen MR) is 87.1 cm³/mol. The first-order valence-electron chi connectivity index (χ1n) is 8.23. The molecule has 2 heterocycles. The maximum absolute atomic E-state index is 12.7. The van der Waals surface area contributed by atoms with Crippen LogP contribution in [0.2, 0.25) is 0 Å². The highest BCUT2D eigenvalue weighted by molar-refractivity contribution is 5.76. The van der Waals surface area contributed by atoms with Gasteiger partial charge in [0.25, 0.3) is 0 Å². The fraction of sp³-hybridized carbons (Fsp3) is 0.471. The maximum atomic E-state index is 12.7. The highest BCUT2D eigenvalue weighted by atomic mass is 16.5. The number of hydrogen-bond donors (Lipinski definition) is 1. The van der Waals surface area contributed by atoms with Gasteiger partial charge < -0.3 is 14.7 Å². The van der Waals surface area contributed by atoms with Crippen LogP contribution in [-0.2, 0) is 22.6 Å². The lowest BCUT2D eigenvalue weighted by atomic mass is 10.1. The van der Waals surface area contributed by atoms with E-state index in [1.807, 2.05) is 12.1 Å². The second-order valence-electron chi connectivity index (χ2n) is 5.95. The third-order valence-electron chi connectivity index (χ3n) is 4.18. The van der Waals surface area contributed by atoms with Crippen LogP contribution in [0, 0.1) is 0 Å². The molecular weight excluding hydrogens is 308 g/mol. The zero-order valence-electron chi connectivity index (χ0n) is 13.5. The van der Waals surface area contributed by atoms with Gasteiger partial charge >= 0.3 is 0 Å². The first-order chi connectivity index (χ1) is 11.7. The van der Waals surface area contributed by atoms with E-state index >= 15 is 0 Å². The largest absolute Gasteiger partial charge is 0.508 e. The lowest BCUT2D eigenvalue weighted by Crippen LogP contribution is -2.37. The second kappa shape index (κ2) is 7.92. The van der Waals surface area contributed by atoms with Crippen molar-refractivity contribution in [2.24, 2.45) is 0 Å². The average Bonchev–Trinajstić information content (AvgIpc) is 3.27. The van der Waals surface area contributed by atoms with Gasteiger partial charge in [-0.2, -0.15) is 0 Å². The van der Waals surface area contributed by atoms with E-state index in [0.29, 0.717) is 26.1 Å². The molecule has 7 nitrogen and oxygen atoms in total. The molecule has 1 fully saturated rings. The minimum absolute atomic E-state index is 0.0178. The summed E-state index contributed by atoms with van der Waals surface area (Å²) in [5, 5.41) is 17.6. The fourth-order valence-electron chi connectivity index (χ4n) is 2.86. The number of phenols is 1. The summed E-state index contributed by atoms with van der Waals surface area (Å²) in [7, 11) is 0. The summed E-state index contributed by atoms with van der Waals surface area (Å²) in [5.74, 6) is 0.225. The molecule has 0 unspecified atom stereocenters. The minimum Gasteiger partial charge on any atom is -0.508 e. The summed E-state index contributed by atoms with van der Waals surface area (Å²) < 4.78 is 7.31. The molecule has 1 N–H and O–H groups in total. The molecule has 1 aliphatic heterocycles. The lowest BCUT2D eigenvalue weighted by molar-refractivity contribution is -0.133. The van der Waals surface area contributed by atoms with Crippen molar-refractivity contribution >= 4 is 5.91 Å². The number of aromatic nitrogens is 3. The van der Waals surface area contributed by atoms with Crippen molar-refractivity contribution in [2.75, 3.05) is 13.2 Å². The number of phenolic OH excluding ortho intramolecular Hbond substituents is 1. The summed E-state index contributed by atoms with van der Waals surface area (Å²) in [4.78, 5) is 14.4. The molecule has 2 aromatic rings. The van der Waals surface area contributed by atoms with Crippen molar-refractivity contribution in [3.05, 3.63) is 42.2 Å². The topological polar surface area (TPSA) is 80.5 Å². The molecule has 0 bridgehead atoms. The first-order valence-corrected chi connectivity index (χ1v) is 8.23. The number of aromatic hydroxyl groups is 1. The standard InChI is InChI=1S/C17H22N4O3/c22-16-6-2-1-4-14(16)12-20(13-15-5-3-11-24-15)17(23)7-9-21-10-8-18-19-21/h1-2,4,6,8,10,15,22H,3,5,7,9,11-13H2/t15-/m1/s1. The normalized spacial score (nSPS) is 17.1. The summed E-state index contributed by atoms with van der Waals surface area (Å²) in [5.41, 5.74) is 0.740. The van der Waals surface area contributed by atoms with E-state index in [9.17, 15) is 9.90 Å². The van der Waals surface area contributed by atoms with E-state index in [2.05, 4.69) is 10.3 Å². The van der Waals surface area contributed by atoms with Crippen molar-refractivity contribution in [1.82, 2.24) is 19.9 Å². The molecule has 3 rings (SSSR count). The summed E-state index contributed by atoms with van der Waals surface area (Å²) in [6, 6.07) is 7.11. The fourth-order valence-corrected chi connectivity index (χ4v) is 2.86. The van der Waals surface area contributed by atoms with Gasteiger partial charge in [-0.1, -0.05) is 23.4 Å². The quantitative estimate of drug-likeness (QED) is 0.834. The molecule has 0 radical (unpaired) electrons. The van der Waals surface area contributed by atoms with Gasteiger partial charge in [0.15, 0.2) is 0 Å². The molecule has 24 heavy (non-hydrogen) atoms. The van der Waals surface area contributed by atoms with Gasteiger partial charge in [-0.25, -0.2) is 0 Å². The van der Waals surface area contributed by atoms with Crippen molar-refractivity contribution in [1.29, 1.82) is 0 Å². The number of aryl methyl sites for hydroxylation is 1. The zero-order chi connectivity index (χ0) is 16.8. The number of nitrogens with zero attached hydrogens (tertiary/aromatic N) is 4. The van der Waals surface area contributed by atoms with Crippen LogP contribution in [0.25, 0.3) is 0 Å². The van der Waals surface area contributed by atoms with Crippen LogP contribution in [0.1, 0.15) is 24.8 Å². The average molecular weight is 330 g/mol. The van der Waals surface area contributed by atoms with Crippen LogP contribution in [-0.4, -0.2) is 50.2 Å². The van der Waals surface area contributed by atoms with E-state index in [0.717, 1.165) is 25.0 Å². The number of hydrogen-bond acceptors (Lipinski definition) is 5. The number of amides is 1. The lowest BCUT2D eigenvalue weighted by Gasteiger charge is -2.26. The molecular formula is C17H22N4O3. The summed E-state index contributed by atoms with van der Waals surface area (Å²) in [6.45, 7) is 2.16. The van der Waals surface area contributed by atoms with Crippen LogP contribution >= 0.6 is 0 Å². The Morgan fingerprint density at radius 3 is 3.00 bits per heavy atom. The minimum atomic E-state index is 0.0178. The number of rotatable bonds is 7. The molecule has 7 heteroatoms. The Morgan fingerprint density at radius 1 is 1.42 bits per heavy atom. The van der Waals surface area contributed by atoms with E-state index in [-0.39, 0.29) is 17.8 Å². The van der Waals surface area contributed by atoms with E-state index in [1.165, 1.54) is 0 Å². The number of ether oxygens (including phenoxy) is 1. The Bertz CT molecular complexity index is 654. The summed E-state index contributed by atoms with van der Waals surface area (Å²) in [6.07, 6.45) is 5.74. The van der Waals surface area contributed by atoms with Crippen LogP contribution in [0.3, 0.4) is 0 Å². The smallest absolute Gasteiger partial charge is 0.224 e. The van der Waals surface area contributed by atoms with Gasteiger partial charge in [-0.05, 0) is 18.9 Å². The van der Waals surface area contributed by atoms with Gasteiger partial charge in [-0.15, -0.1) is 5.10 Å². The van der Waals surface area contributed by atoms with Crippen molar-refractivity contribution in [2.45, 2.75) is 38.5 Å². The SMILES string of the molecule is O=C(CCn1ccnn1)N(Cc1ccccc1O)C[C@H]1CCCO1. The third kappa shape index (κ3) is 4.32. The Morgan fingerprint density at radius 2 is 2.29 bits per heavy atom. The van der Waals surface area contributed by atoms with Crippen LogP contribution < -0.4 is 0 Å². The molecule has 0 saturated carbocycles. The van der Waals surface area contributed by atoms with Gasteiger partial charge in [-0.3, -0.25) is 9.48 Å². The molecule has 1 aromatic heterocycles. The van der Waals surface area contributed by atoms with Crippen molar-refractivity contribution in [3.63, 3.8) is 0 Å². The van der Waals surface area contributed by atoms with Crippen LogP contribution in [0.5, 0.6) is 5.75 Å². The molecule has 1 aromatic carbocycles. The molecule has 1 atom stereocenters. The van der Waals surface area contributed by atoms with Gasteiger partial charge in [0, 0.05) is 37.9 Å². The van der Waals surface area contributed by atoms with Crippen LogP contribution in [0.15, 0.2) is 36.7 Å². The van der Waals surface area contributed by atoms with Gasteiger partial charge in [0.1, 0.15) is 5.75 Å². The van der Waals surface area contributed by atoms with Crippen molar-refractivity contribution < 1.29 is 14.6 Å². The van der Waals surface area contributed by atoms with Crippen LogP contribution in [0.4, 0.5) is 0 Å². The molecule has 128 valence electrons. The highest BCUT2D eigenvalue weighted by Gasteiger charge is 2.23. The maximum Gasteiger partial charge on any atom is 0.224 e. The highest BCUT2D eigenvalue weighted by Crippen LogP contribution is 2.20. The number of carbonyl (C=O) groups excluding carboxylic acids is 1. The Labute approximate surface area is 140 Å². The Balaban J connectivity index is 1.66. The predicted octanol–water partition coefficient (Wildman–Crippen LogP) is 1.58. The zero-order valence-corrected chi connectivity index (χ0v) is 13.5. The molecule has 1 amide bonds. The first kappa shape index (κ1) is 16.4. The monoisotopic (exact) mass is 330 g/mol. The van der Waals surface area contributed by atoms with E-state index in [1.54, 1.807) is 34.1 Å². The molecule has 0 aliphatic carbocycles. The Hall–Kier alpha value is -2.41.